The quantitative estimate of drug-likeness (QED) is 0.686. The van der Waals surface area contributed by atoms with Gasteiger partial charge in [-0.2, -0.15) is 0 Å². The Hall–Kier alpha value is -1.31. The summed E-state index contributed by atoms with van der Waals surface area (Å²) in [6.07, 6.45) is -4.76. The summed E-state index contributed by atoms with van der Waals surface area (Å²) in [5.74, 6) is -0.805. The lowest BCUT2D eigenvalue weighted by Gasteiger charge is -2.11. The lowest BCUT2D eigenvalue weighted by atomic mass is 10.2. The normalized spacial score (nSPS) is 11.2. The smallest absolute Gasteiger partial charge is 0.405 e. The van der Waals surface area contributed by atoms with Gasteiger partial charge in [0.2, 0.25) is 0 Å². The summed E-state index contributed by atoms with van der Waals surface area (Å²) < 4.78 is 39.5. The van der Waals surface area contributed by atoms with Gasteiger partial charge in [-0.1, -0.05) is 15.9 Å². The van der Waals surface area contributed by atoms with Crippen molar-refractivity contribution in [2.24, 2.45) is 0 Å². The van der Waals surface area contributed by atoms with E-state index < -0.39 is 17.7 Å². The van der Waals surface area contributed by atoms with Gasteiger partial charge in [0.25, 0.3) is 5.56 Å². The third-order valence-corrected chi connectivity index (χ3v) is 2.16. The van der Waals surface area contributed by atoms with Crippen molar-refractivity contribution in [3.05, 3.63) is 27.7 Å². The van der Waals surface area contributed by atoms with Crippen molar-refractivity contribution in [1.29, 1.82) is 0 Å². The van der Waals surface area contributed by atoms with Crippen LogP contribution in [-0.4, -0.2) is 17.6 Å². The molecule has 0 aliphatic heterocycles. The largest absolute Gasteiger partial charge is 0.573 e. The van der Waals surface area contributed by atoms with Crippen molar-refractivity contribution in [2.45, 2.75) is 11.7 Å². The van der Waals surface area contributed by atoms with Crippen LogP contribution in [0.2, 0.25) is 0 Å². The Morgan fingerprint density at radius 1 is 1.50 bits per heavy atom. The summed E-state index contributed by atoms with van der Waals surface area (Å²) in [6.45, 7) is 0. The second kappa shape index (κ2) is 4.69. The SMILES string of the molecule is O=Cc1c(OC(F)(F)F)cc(=O)[nH]c1CBr. The van der Waals surface area contributed by atoms with Crippen LogP contribution in [0.25, 0.3) is 0 Å². The minimum atomic E-state index is -4.95. The number of hydrogen-bond donors (Lipinski definition) is 1. The first kappa shape index (κ1) is 12.8. The zero-order chi connectivity index (χ0) is 12.3. The van der Waals surface area contributed by atoms with E-state index in [1.54, 1.807) is 0 Å². The molecule has 0 atom stereocenters. The van der Waals surface area contributed by atoms with Gasteiger partial charge in [0.1, 0.15) is 5.75 Å². The summed E-state index contributed by atoms with van der Waals surface area (Å²) >= 11 is 2.93. The number of carbonyl (C=O) groups excluding carboxylic acids is 1. The van der Waals surface area contributed by atoms with Gasteiger partial charge in [0, 0.05) is 17.1 Å². The molecule has 1 heterocycles. The number of ether oxygens (including phenoxy) is 1. The Balaban J connectivity index is 3.31. The fourth-order valence-electron chi connectivity index (χ4n) is 1.04. The van der Waals surface area contributed by atoms with Crippen LogP contribution in [0.4, 0.5) is 13.2 Å². The maximum Gasteiger partial charge on any atom is 0.573 e. The molecule has 0 saturated heterocycles. The molecule has 4 nitrogen and oxygen atoms in total. The molecular weight excluding hydrogens is 295 g/mol. The van der Waals surface area contributed by atoms with Gasteiger partial charge in [0.15, 0.2) is 6.29 Å². The van der Waals surface area contributed by atoms with E-state index in [4.69, 9.17) is 0 Å². The minimum absolute atomic E-state index is 0.0294. The number of halogens is 4. The zero-order valence-corrected chi connectivity index (χ0v) is 9.18. The first-order chi connectivity index (χ1) is 7.37. The zero-order valence-electron chi connectivity index (χ0n) is 7.60. The standard InChI is InChI=1S/C8H5BrF3NO3/c9-2-5-4(3-14)6(1-7(15)13-5)16-8(10,11)12/h1,3H,2H2,(H,13,15). The van der Waals surface area contributed by atoms with E-state index >= 15 is 0 Å². The second-order valence-electron chi connectivity index (χ2n) is 2.69. The van der Waals surface area contributed by atoms with E-state index in [0.29, 0.717) is 6.07 Å². The molecule has 0 bridgehead atoms. The van der Waals surface area contributed by atoms with E-state index in [-0.39, 0.29) is 22.9 Å². The average Bonchev–Trinajstić information content (AvgIpc) is 2.14. The molecule has 1 rings (SSSR count). The Bertz CT molecular complexity index is 455. The summed E-state index contributed by atoms with van der Waals surface area (Å²) in [7, 11) is 0. The van der Waals surface area contributed by atoms with E-state index in [1.165, 1.54) is 0 Å². The molecule has 0 spiro atoms. The highest BCUT2D eigenvalue weighted by Gasteiger charge is 2.32. The monoisotopic (exact) mass is 299 g/mol. The van der Waals surface area contributed by atoms with Gasteiger partial charge in [-0.3, -0.25) is 9.59 Å². The van der Waals surface area contributed by atoms with Crippen LogP contribution in [-0.2, 0) is 5.33 Å². The number of aromatic amines is 1. The van der Waals surface area contributed by atoms with Gasteiger partial charge in [0.05, 0.1) is 5.56 Å². The molecule has 0 fully saturated rings. The Kier molecular flexibility index (Phi) is 3.74. The number of rotatable bonds is 3. The van der Waals surface area contributed by atoms with Crippen LogP contribution in [0.3, 0.4) is 0 Å². The Morgan fingerprint density at radius 2 is 2.12 bits per heavy atom. The topological polar surface area (TPSA) is 59.2 Å². The molecule has 0 aliphatic carbocycles. The fourth-order valence-corrected chi connectivity index (χ4v) is 1.48. The molecule has 0 amide bonds. The highest BCUT2D eigenvalue weighted by Crippen LogP contribution is 2.26. The number of carbonyl (C=O) groups is 1. The molecule has 8 heteroatoms. The highest BCUT2D eigenvalue weighted by atomic mass is 79.9. The van der Waals surface area contributed by atoms with Crippen LogP contribution < -0.4 is 10.3 Å². The first-order valence-corrected chi connectivity index (χ1v) is 5.02. The summed E-state index contributed by atoms with van der Waals surface area (Å²) in [4.78, 5) is 23.8. The van der Waals surface area contributed by atoms with Crippen molar-refractivity contribution in [2.75, 3.05) is 0 Å². The maximum absolute atomic E-state index is 12.0. The van der Waals surface area contributed by atoms with Gasteiger partial charge in [-0.15, -0.1) is 13.2 Å². The van der Waals surface area contributed by atoms with Crippen molar-refractivity contribution < 1.29 is 22.7 Å². The van der Waals surface area contributed by atoms with Crippen LogP contribution >= 0.6 is 15.9 Å². The molecule has 0 aliphatic rings. The fraction of sp³-hybridized carbons (Fsp3) is 0.250. The van der Waals surface area contributed by atoms with Crippen LogP contribution in [0.5, 0.6) is 5.75 Å². The predicted octanol–water partition coefficient (Wildman–Crippen LogP) is 1.98. The number of aromatic nitrogens is 1. The van der Waals surface area contributed by atoms with E-state index in [9.17, 15) is 22.8 Å². The van der Waals surface area contributed by atoms with Gasteiger partial charge < -0.3 is 9.72 Å². The molecule has 0 aromatic carbocycles. The van der Waals surface area contributed by atoms with E-state index in [2.05, 4.69) is 25.7 Å². The Labute approximate surface area is 95.5 Å². The minimum Gasteiger partial charge on any atom is -0.405 e. The molecule has 16 heavy (non-hydrogen) atoms. The number of nitrogens with one attached hydrogen (secondary N) is 1. The van der Waals surface area contributed by atoms with Crippen molar-refractivity contribution in [3.63, 3.8) is 0 Å². The molecule has 1 aromatic rings. The highest BCUT2D eigenvalue weighted by molar-refractivity contribution is 9.08. The average molecular weight is 300 g/mol. The molecule has 88 valence electrons. The molecular formula is C8H5BrF3NO3. The molecule has 0 unspecified atom stereocenters. The number of hydrogen-bond acceptors (Lipinski definition) is 3. The first-order valence-electron chi connectivity index (χ1n) is 3.90. The summed E-state index contributed by atoms with van der Waals surface area (Å²) in [5.41, 5.74) is -1.09. The number of H-pyrrole nitrogens is 1. The number of alkyl halides is 4. The molecule has 0 radical (unpaired) electrons. The second-order valence-corrected chi connectivity index (χ2v) is 3.25. The van der Waals surface area contributed by atoms with E-state index in [1.807, 2.05) is 0 Å². The van der Waals surface area contributed by atoms with Crippen molar-refractivity contribution in [3.8, 4) is 5.75 Å². The van der Waals surface area contributed by atoms with E-state index in [0.717, 1.165) is 0 Å². The maximum atomic E-state index is 12.0. The summed E-state index contributed by atoms with van der Waals surface area (Å²) in [5, 5.41) is 0.0331. The summed E-state index contributed by atoms with van der Waals surface area (Å²) in [6, 6.07) is 0.573. The molecule has 1 aromatic heterocycles. The lowest BCUT2D eigenvalue weighted by molar-refractivity contribution is -0.274. The van der Waals surface area contributed by atoms with Crippen molar-refractivity contribution in [1.82, 2.24) is 4.98 Å². The predicted molar refractivity (Wildman–Crippen MR) is 51.8 cm³/mol. The third kappa shape index (κ3) is 3.09. The molecule has 1 N–H and O–H groups in total. The van der Waals surface area contributed by atoms with Gasteiger partial charge in [-0.05, 0) is 0 Å². The lowest BCUT2D eigenvalue weighted by Crippen LogP contribution is -2.21. The van der Waals surface area contributed by atoms with Crippen molar-refractivity contribution >= 4 is 22.2 Å². The number of aldehydes is 1. The number of pyridine rings is 1. The van der Waals surface area contributed by atoms with Gasteiger partial charge >= 0.3 is 6.36 Å². The van der Waals surface area contributed by atoms with Crippen LogP contribution in [0, 0.1) is 0 Å². The Morgan fingerprint density at radius 3 is 2.56 bits per heavy atom. The van der Waals surface area contributed by atoms with Gasteiger partial charge in [-0.25, -0.2) is 0 Å². The van der Waals surface area contributed by atoms with Crippen LogP contribution in [0.1, 0.15) is 16.1 Å². The third-order valence-electron chi connectivity index (χ3n) is 1.60. The molecule has 0 saturated carbocycles. The van der Waals surface area contributed by atoms with Crippen LogP contribution in [0.15, 0.2) is 10.9 Å².